The quantitative estimate of drug-likeness (QED) is 0.783. The molecule has 6 nitrogen and oxygen atoms in total. The molecule has 1 aromatic carbocycles. The monoisotopic (exact) mass is 324 g/mol. The fourth-order valence-corrected chi connectivity index (χ4v) is 1.89. The highest BCUT2D eigenvalue weighted by molar-refractivity contribution is 9.10. The second-order valence-corrected chi connectivity index (χ2v) is 4.55. The van der Waals surface area contributed by atoms with Gasteiger partial charge in [-0.15, -0.1) is 5.10 Å². The molecule has 0 atom stereocenters. The molecular formula is C11H6BrFN4O2. The Morgan fingerprint density at radius 2 is 2.26 bits per heavy atom. The van der Waals surface area contributed by atoms with Crippen LogP contribution in [-0.4, -0.2) is 19.6 Å². The first-order valence-corrected chi connectivity index (χ1v) is 5.99. The molecule has 0 aliphatic carbocycles. The number of aromatic amines is 1. The van der Waals surface area contributed by atoms with Gasteiger partial charge in [0.25, 0.3) is 5.88 Å². The van der Waals surface area contributed by atoms with Crippen molar-refractivity contribution in [1.82, 2.24) is 19.6 Å². The Hall–Kier alpha value is -2.22. The van der Waals surface area contributed by atoms with Crippen LogP contribution in [0.1, 0.15) is 0 Å². The summed E-state index contributed by atoms with van der Waals surface area (Å²) in [7, 11) is 0. The van der Waals surface area contributed by atoms with Gasteiger partial charge in [-0.05, 0) is 18.2 Å². The molecule has 0 aliphatic heterocycles. The van der Waals surface area contributed by atoms with E-state index in [1.807, 2.05) is 0 Å². The highest BCUT2D eigenvalue weighted by atomic mass is 79.9. The first-order chi connectivity index (χ1) is 9.15. The molecule has 2 heterocycles. The number of H-pyrrole nitrogens is 1. The van der Waals surface area contributed by atoms with Crippen LogP contribution in [0.25, 0.3) is 5.65 Å². The number of ether oxygens (including phenoxy) is 1. The zero-order valence-electron chi connectivity index (χ0n) is 9.30. The van der Waals surface area contributed by atoms with Crippen LogP contribution in [0.4, 0.5) is 4.39 Å². The van der Waals surface area contributed by atoms with Crippen molar-refractivity contribution in [3.8, 4) is 11.6 Å². The maximum atomic E-state index is 13.7. The van der Waals surface area contributed by atoms with Gasteiger partial charge in [-0.1, -0.05) is 15.9 Å². The van der Waals surface area contributed by atoms with Crippen molar-refractivity contribution in [3.05, 3.63) is 51.4 Å². The average Bonchev–Trinajstić information content (AvgIpc) is 2.76. The normalized spacial score (nSPS) is 10.8. The number of nitrogens with one attached hydrogen (secondary N) is 1. The Morgan fingerprint density at radius 1 is 1.42 bits per heavy atom. The highest BCUT2D eigenvalue weighted by Gasteiger charge is 2.12. The van der Waals surface area contributed by atoms with Crippen molar-refractivity contribution in [2.75, 3.05) is 0 Å². The van der Waals surface area contributed by atoms with Crippen molar-refractivity contribution < 1.29 is 9.13 Å². The Kier molecular flexibility index (Phi) is 2.79. The van der Waals surface area contributed by atoms with E-state index in [2.05, 4.69) is 31.1 Å². The molecule has 0 unspecified atom stereocenters. The molecule has 0 bridgehead atoms. The summed E-state index contributed by atoms with van der Waals surface area (Å²) >= 11 is 3.15. The number of nitrogens with zero attached hydrogens (tertiary/aromatic N) is 3. The van der Waals surface area contributed by atoms with E-state index in [0.29, 0.717) is 4.47 Å². The molecule has 19 heavy (non-hydrogen) atoms. The van der Waals surface area contributed by atoms with Crippen LogP contribution in [0.5, 0.6) is 11.6 Å². The van der Waals surface area contributed by atoms with Crippen LogP contribution in [0.15, 0.2) is 39.9 Å². The van der Waals surface area contributed by atoms with E-state index in [1.54, 1.807) is 6.07 Å². The molecule has 96 valence electrons. The van der Waals surface area contributed by atoms with Gasteiger partial charge in [0.2, 0.25) is 5.65 Å². The first kappa shape index (κ1) is 11.8. The van der Waals surface area contributed by atoms with E-state index in [4.69, 9.17) is 4.74 Å². The molecule has 1 N–H and O–H groups in total. The predicted molar refractivity (Wildman–Crippen MR) is 67.8 cm³/mol. The summed E-state index contributed by atoms with van der Waals surface area (Å²) in [5.74, 6) is -0.502. The van der Waals surface area contributed by atoms with Crippen molar-refractivity contribution in [2.24, 2.45) is 0 Å². The minimum atomic E-state index is -0.545. The zero-order valence-corrected chi connectivity index (χ0v) is 10.9. The highest BCUT2D eigenvalue weighted by Crippen LogP contribution is 2.26. The van der Waals surface area contributed by atoms with Crippen LogP contribution in [0, 0.1) is 5.82 Å². The maximum absolute atomic E-state index is 13.7. The van der Waals surface area contributed by atoms with Crippen LogP contribution >= 0.6 is 15.9 Å². The second kappa shape index (κ2) is 4.47. The number of hydrogen-bond acceptors (Lipinski definition) is 4. The van der Waals surface area contributed by atoms with Gasteiger partial charge in [-0.25, -0.2) is 23.7 Å². The molecule has 0 saturated carbocycles. The zero-order chi connectivity index (χ0) is 13.4. The fourth-order valence-electron chi connectivity index (χ4n) is 1.55. The molecule has 0 fully saturated rings. The lowest BCUT2D eigenvalue weighted by Gasteiger charge is -2.06. The Labute approximate surface area is 114 Å². The molecule has 0 saturated heterocycles. The molecule has 0 amide bonds. The van der Waals surface area contributed by atoms with Crippen LogP contribution in [0.2, 0.25) is 0 Å². The summed E-state index contributed by atoms with van der Waals surface area (Å²) in [6, 6.07) is 4.36. The van der Waals surface area contributed by atoms with Gasteiger partial charge in [-0.2, -0.15) is 0 Å². The predicted octanol–water partition coefficient (Wildman–Crippen LogP) is 2.11. The van der Waals surface area contributed by atoms with E-state index in [1.165, 1.54) is 28.9 Å². The van der Waals surface area contributed by atoms with E-state index in [-0.39, 0.29) is 17.3 Å². The first-order valence-electron chi connectivity index (χ1n) is 5.20. The van der Waals surface area contributed by atoms with E-state index >= 15 is 0 Å². The van der Waals surface area contributed by atoms with Gasteiger partial charge < -0.3 is 4.74 Å². The Morgan fingerprint density at radius 3 is 3.05 bits per heavy atom. The number of rotatable bonds is 2. The van der Waals surface area contributed by atoms with Gasteiger partial charge >= 0.3 is 5.69 Å². The van der Waals surface area contributed by atoms with Crippen molar-refractivity contribution in [1.29, 1.82) is 0 Å². The number of benzene rings is 1. The average molecular weight is 325 g/mol. The van der Waals surface area contributed by atoms with E-state index < -0.39 is 11.5 Å². The summed E-state index contributed by atoms with van der Waals surface area (Å²) in [5.41, 5.74) is -0.228. The lowest BCUT2D eigenvalue weighted by molar-refractivity contribution is 0.429. The number of halogens is 2. The summed E-state index contributed by atoms with van der Waals surface area (Å²) in [4.78, 5) is 15.3. The SMILES string of the molecule is O=c1[nH]nc2c(Oc3ccc(Br)cc3F)nccn12. The summed E-state index contributed by atoms with van der Waals surface area (Å²) in [5, 5.41) is 6.03. The standard InChI is InChI=1S/C11H6BrFN4O2/c12-6-1-2-8(7(13)5-6)19-10-9-15-16-11(18)17(9)4-3-14-10/h1-5H,(H,16,18). The van der Waals surface area contributed by atoms with Crippen LogP contribution < -0.4 is 10.4 Å². The van der Waals surface area contributed by atoms with Crippen molar-refractivity contribution in [3.63, 3.8) is 0 Å². The Balaban J connectivity index is 2.08. The number of aromatic nitrogens is 4. The maximum Gasteiger partial charge on any atom is 0.347 e. The molecule has 3 aromatic rings. The van der Waals surface area contributed by atoms with E-state index in [9.17, 15) is 9.18 Å². The summed E-state index contributed by atoms with van der Waals surface area (Å²) in [6.07, 6.45) is 2.81. The molecule has 3 rings (SSSR count). The fraction of sp³-hybridized carbons (Fsp3) is 0. The third-order valence-corrected chi connectivity index (χ3v) is 2.90. The van der Waals surface area contributed by atoms with Gasteiger partial charge in [-0.3, -0.25) is 0 Å². The third-order valence-electron chi connectivity index (χ3n) is 2.40. The summed E-state index contributed by atoms with van der Waals surface area (Å²) < 4.78 is 20.8. The van der Waals surface area contributed by atoms with Crippen LogP contribution in [0.3, 0.4) is 0 Å². The minimum Gasteiger partial charge on any atom is -0.433 e. The van der Waals surface area contributed by atoms with Crippen molar-refractivity contribution in [2.45, 2.75) is 0 Å². The molecule has 8 heteroatoms. The lowest BCUT2D eigenvalue weighted by Crippen LogP contribution is -2.09. The van der Waals surface area contributed by atoms with Gasteiger partial charge in [0.15, 0.2) is 11.6 Å². The molecule has 0 aliphatic rings. The third kappa shape index (κ3) is 2.10. The molecular weight excluding hydrogens is 319 g/mol. The molecule has 0 spiro atoms. The lowest BCUT2D eigenvalue weighted by atomic mass is 10.3. The topological polar surface area (TPSA) is 72.3 Å². The van der Waals surface area contributed by atoms with Gasteiger partial charge in [0, 0.05) is 16.9 Å². The van der Waals surface area contributed by atoms with Crippen LogP contribution in [-0.2, 0) is 0 Å². The molecule has 2 aromatic heterocycles. The van der Waals surface area contributed by atoms with Gasteiger partial charge in [0.1, 0.15) is 0 Å². The largest absolute Gasteiger partial charge is 0.433 e. The second-order valence-electron chi connectivity index (χ2n) is 3.63. The summed E-state index contributed by atoms with van der Waals surface area (Å²) in [6.45, 7) is 0. The van der Waals surface area contributed by atoms with Crippen molar-refractivity contribution >= 4 is 21.6 Å². The van der Waals surface area contributed by atoms with E-state index in [0.717, 1.165) is 0 Å². The smallest absolute Gasteiger partial charge is 0.347 e. The minimum absolute atomic E-state index is 0.000695. The Bertz CT molecular complexity index is 814. The van der Waals surface area contributed by atoms with Gasteiger partial charge in [0.05, 0.1) is 0 Å². The number of fused-ring (bicyclic) bond motifs is 1. The number of hydrogen-bond donors (Lipinski definition) is 1. The molecule has 0 radical (unpaired) electrons.